The van der Waals surface area contributed by atoms with Crippen LogP contribution in [0.15, 0.2) is 0 Å². The van der Waals surface area contributed by atoms with Crippen molar-refractivity contribution in [2.45, 2.75) is 32.2 Å². The number of nitrogens with two attached hydrogens (primary N) is 1. The highest BCUT2D eigenvalue weighted by Crippen LogP contribution is 2.10. The first-order valence-electron chi connectivity index (χ1n) is 6.52. The summed E-state index contributed by atoms with van der Waals surface area (Å²) in [6.45, 7) is 4.14. The Morgan fingerprint density at radius 3 is 2.61 bits per heavy atom. The normalized spacial score (nSPS) is 16.7. The monoisotopic (exact) mass is 257 g/mol. The van der Waals surface area contributed by atoms with Gasteiger partial charge in [-0.2, -0.15) is 0 Å². The molecule has 1 rings (SSSR count). The van der Waals surface area contributed by atoms with Crippen LogP contribution >= 0.6 is 0 Å². The summed E-state index contributed by atoms with van der Waals surface area (Å²) in [7, 11) is 0. The quantitative estimate of drug-likeness (QED) is 0.627. The molecule has 0 aromatic carbocycles. The number of likely N-dealkylation sites (tertiary alicyclic amines) is 1. The van der Waals surface area contributed by atoms with Crippen LogP contribution in [0.1, 0.15) is 26.2 Å². The Labute approximate surface area is 108 Å². The van der Waals surface area contributed by atoms with Gasteiger partial charge in [0.15, 0.2) is 0 Å². The highest BCUT2D eigenvalue weighted by molar-refractivity contribution is 5.78. The van der Waals surface area contributed by atoms with Gasteiger partial charge in [-0.15, -0.1) is 0 Å². The zero-order valence-corrected chi connectivity index (χ0v) is 11.0. The van der Waals surface area contributed by atoms with Gasteiger partial charge < -0.3 is 20.7 Å². The molecule has 1 heterocycles. The number of carbonyl (C=O) groups excluding carboxylic acids is 2. The predicted molar refractivity (Wildman–Crippen MR) is 67.9 cm³/mol. The summed E-state index contributed by atoms with van der Waals surface area (Å²) < 4.78 is 5.12. The molecule has 2 amide bonds. The topological polar surface area (TPSA) is 84.7 Å². The lowest BCUT2D eigenvalue weighted by Gasteiger charge is -2.32. The fourth-order valence-electron chi connectivity index (χ4n) is 1.94. The van der Waals surface area contributed by atoms with Crippen LogP contribution < -0.4 is 11.1 Å². The molecule has 1 aliphatic rings. The smallest absolute Gasteiger partial charge is 0.248 e. The highest BCUT2D eigenvalue weighted by atomic mass is 16.5. The summed E-state index contributed by atoms with van der Waals surface area (Å²) in [6.07, 6.45) is 2.13. The molecule has 0 bridgehead atoms. The second kappa shape index (κ2) is 8.05. The van der Waals surface area contributed by atoms with Gasteiger partial charge >= 0.3 is 0 Å². The molecule has 104 valence electrons. The summed E-state index contributed by atoms with van der Waals surface area (Å²) in [5.41, 5.74) is 5.28. The first-order valence-corrected chi connectivity index (χ1v) is 6.52. The van der Waals surface area contributed by atoms with Crippen molar-refractivity contribution in [3.8, 4) is 0 Å². The minimum atomic E-state index is 0.00344. The van der Waals surface area contributed by atoms with Crippen LogP contribution in [-0.2, 0) is 14.3 Å². The number of hydrogen-bond acceptors (Lipinski definition) is 4. The fourth-order valence-corrected chi connectivity index (χ4v) is 1.94. The Balaban J connectivity index is 2.22. The minimum Gasteiger partial charge on any atom is -0.370 e. The lowest BCUT2D eigenvalue weighted by molar-refractivity contribution is -0.137. The van der Waals surface area contributed by atoms with Gasteiger partial charge in [0, 0.05) is 32.1 Å². The van der Waals surface area contributed by atoms with Crippen molar-refractivity contribution in [2.75, 3.05) is 32.8 Å². The van der Waals surface area contributed by atoms with E-state index < -0.39 is 0 Å². The molecule has 0 atom stereocenters. The van der Waals surface area contributed by atoms with E-state index >= 15 is 0 Å². The van der Waals surface area contributed by atoms with E-state index in [9.17, 15) is 9.59 Å². The van der Waals surface area contributed by atoms with Gasteiger partial charge in [0.05, 0.1) is 6.61 Å². The first-order chi connectivity index (χ1) is 8.67. The largest absolute Gasteiger partial charge is 0.370 e. The third kappa shape index (κ3) is 5.01. The molecule has 1 aliphatic heterocycles. The summed E-state index contributed by atoms with van der Waals surface area (Å²) in [4.78, 5) is 24.8. The van der Waals surface area contributed by atoms with Gasteiger partial charge in [-0.1, -0.05) is 6.92 Å². The Hall–Kier alpha value is -1.14. The number of ether oxygens (including phenoxy) is 1. The number of carbonyl (C=O) groups is 2. The summed E-state index contributed by atoms with van der Waals surface area (Å²) >= 11 is 0. The van der Waals surface area contributed by atoms with Gasteiger partial charge in [0.25, 0.3) is 0 Å². The van der Waals surface area contributed by atoms with Crippen LogP contribution in [0, 0.1) is 0 Å². The van der Waals surface area contributed by atoms with Crippen LogP contribution in [0.2, 0.25) is 0 Å². The fraction of sp³-hybridized carbons (Fsp3) is 0.833. The first kappa shape index (κ1) is 14.9. The van der Waals surface area contributed by atoms with E-state index in [1.807, 2.05) is 6.92 Å². The molecule has 1 fully saturated rings. The maximum absolute atomic E-state index is 11.7. The number of hydrogen-bond donors (Lipinski definition) is 2. The van der Waals surface area contributed by atoms with E-state index in [4.69, 9.17) is 10.5 Å². The van der Waals surface area contributed by atoms with E-state index in [1.165, 1.54) is 0 Å². The summed E-state index contributed by atoms with van der Waals surface area (Å²) in [6, 6.07) is 0.200. The number of nitrogens with zero attached hydrogens (tertiary/aromatic N) is 1. The molecule has 3 N–H and O–H groups in total. The van der Waals surface area contributed by atoms with Gasteiger partial charge in [-0.25, -0.2) is 0 Å². The number of nitrogens with one attached hydrogen (secondary N) is 1. The third-order valence-corrected chi connectivity index (χ3v) is 3.02. The lowest BCUT2D eigenvalue weighted by Crippen LogP contribution is -2.47. The molecule has 0 saturated carbocycles. The molecule has 6 heteroatoms. The van der Waals surface area contributed by atoms with Gasteiger partial charge in [-0.3, -0.25) is 9.59 Å². The van der Waals surface area contributed by atoms with Crippen LogP contribution in [0.25, 0.3) is 0 Å². The van der Waals surface area contributed by atoms with Crippen molar-refractivity contribution in [3.63, 3.8) is 0 Å². The second-order valence-electron chi connectivity index (χ2n) is 4.42. The molecule has 0 radical (unpaired) electrons. The van der Waals surface area contributed by atoms with Crippen molar-refractivity contribution < 1.29 is 14.3 Å². The zero-order valence-electron chi connectivity index (χ0n) is 11.0. The average molecular weight is 257 g/mol. The molecular formula is C12H23N3O3. The van der Waals surface area contributed by atoms with Crippen LogP contribution in [-0.4, -0.2) is 55.6 Å². The standard InChI is InChI=1S/C12H23N3O3/c1-2-11(16)14-10-3-6-15(7-4-10)12(17)9-18-8-5-13/h10H,2-9,13H2,1H3,(H,14,16). The third-order valence-electron chi connectivity index (χ3n) is 3.02. The molecule has 0 aromatic heterocycles. The molecular weight excluding hydrogens is 234 g/mol. The Bertz CT molecular complexity index is 276. The van der Waals surface area contributed by atoms with Crippen molar-refractivity contribution >= 4 is 11.8 Å². The van der Waals surface area contributed by atoms with Gasteiger partial charge in [0.1, 0.15) is 6.61 Å². The van der Waals surface area contributed by atoms with Crippen LogP contribution in [0.4, 0.5) is 0 Å². The molecule has 0 aromatic rings. The van der Waals surface area contributed by atoms with Crippen LogP contribution in [0.3, 0.4) is 0 Å². The second-order valence-corrected chi connectivity index (χ2v) is 4.42. The maximum atomic E-state index is 11.7. The lowest BCUT2D eigenvalue weighted by atomic mass is 10.0. The molecule has 1 saturated heterocycles. The van der Waals surface area contributed by atoms with Crippen molar-refractivity contribution in [1.82, 2.24) is 10.2 Å². The number of amides is 2. The minimum absolute atomic E-state index is 0.00344. The van der Waals surface area contributed by atoms with Gasteiger partial charge in [0.2, 0.25) is 11.8 Å². The summed E-state index contributed by atoms with van der Waals surface area (Å²) in [5, 5.41) is 2.96. The maximum Gasteiger partial charge on any atom is 0.248 e. The highest BCUT2D eigenvalue weighted by Gasteiger charge is 2.23. The van der Waals surface area contributed by atoms with E-state index in [1.54, 1.807) is 4.90 Å². The SMILES string of the molecule is CCC(=O)NC1CCN(C(=O)COCCN)CC1. The molecule has 0 unspecified atom stereocenters. The van der Waals surface area contributed by atoms with Crippen molar-refractivity contribution in [2.24, 2.45) is 5.73 Å². The average Bonchev–Trinajstić information content (AvgIpc) is 2.39. The Morgan fingerprint density at radius 1 is 1.39 bits per heavy atom. The van der Waals surface area contributed by atoms with E-state index in [0.29, 0.717) is 32.7 Å². The van der Waals surface area contributed by atoms with E-state index in [2.05, 4.69) is 5.32 Å². The molecule has 0 aliphatic carbocycles. The molecule has 18 heavy (non-hydrogen) atoms. The predicted octanol–water partition coefficient (Wildman–Crippen LogP) is -0.521. The van der Waals surface area contributed by atoms with Gasteiger partial charge in [-0.05, 0) is 12.8 Å². The van der Waals surface area contributed by atoms with Crippen molar-refractivity contribution in [1.29, 1.82) is 0 Å². The summed E-state index contributed by atoms with van der Waals surface area (Å²) in [5.74, 6) is 0.0785. The Kier molecular flexibility index (Phi) is 6.67. The number of piperidine rings is 1. The van der Waals surface area contributed by atoms with E-state index in [-0.39, 0.29) is 24.5 Å². The molecule has 0 spiro atoms. The van der Waals surface area contributed by atoms with E-state index in [0.717, 1.165) is 12.8 Å². The zero-order chi connectivity index (χ0) is 13.4. The van der Waals surface area contributed by atoms with Crippen LogP contribution in [0.5, 0.6) is 0 Å². The molecule has 6 nitrogen and oxygen atoms in total. The number of rotatable bonds is 6. The Morgan fingerprint density at radius 2 is 2.06 bits per heavy atom. The van der Waals surface area contributed by atoms with Crippen molar-refractivity contribution in [3.05, 3.63) is 0 Å².